The van der Waals surface area contributed by atoms with Gasteiger partial charge in [0.2, 0.25) is 0 Å². The topological polar surface area (TPSA) is 43.6 Å². The second kappa shape index (κ2) is 5.48. The third-order valence-electron chi connectivity index (χ3n) is 3.59. The van der Waals surface area contributed by atoms with Crippen molar-refractivity contribution in [3.63, 3.8) is 0 Å². The van der Waals surface area contributed by atoms with E-state index in [0.717, 1.165) is 23.8 Å². The van der Waals surface area contributed by atoms with E-state index in [1.165, 1.54) is 16.7 Å². The fourth-order valence-corrected chi connectivity index (χ4v) is 2.48. The molecule has 2 aromatic heterocycles. The minimum atomic E-state index is 0.795. The minimum Gasteiger partial charge on any atom is -0.261 e. The number of hydrogen-bond donors (Lipinski definition) is 0. The second-order valence-electron chi connectivity index (χ2n) is 5.21. The van der Waals surface area contributed by atoms with Gasteiger partial charge in [-0.15, -0.1) is 0 Å². The molecular weight excluding hydrogens is 260 g/mol. The van der Waals surface area contributed by atoms with Gasteiger partial charge in [-0.25, -0.2) is 4.98 Å². The van der Waals surface area contributed by atoms with E-state index in [2.05, 4.69) is 45.4 Å². The number of hydrogen-bond acceptors (Lipinski definition) is 3. The third kappa shape index (κ3) is 2.84. The molecule has 0 aliphatic rings. The van der Waals surface area contributed by atoms with Crippen molar-refractivity contribution in [2.45, 2.75) is 20.3 Å². The molecule has 0 fully saturated rings. The first-order chi connectivity index (χ1) is 10.1. The molecule has 0 amide bonds. The first kappa shape index (κ1) is 13.5. The summed E-state index contributed by atoms with van der Waals surface area (Å²) in [4.78, 5) is 8.78. The first-order valence-corrected chi connectivity index (χ1v) is 7.01. The van der Waals surface area contributed by atoms with E-state index in [0.29, 0.717) is 0 Å². The van der Waals surface area contributed by atoms with Crippen LogP contribution in [-0.2, 0) is 13.5 Å². The molecule has 0 spiro atoms. The highest BCUT2D eigenvalue weighted by molar-refractivity contribution is 5.65. The van der Waals surface area contributed by atoms with Crippen LogP contribution in [0, 0.1) is 13.8 Å². The highest BCUT2D eigenvalue weighted by Gasteiger charge is 2.06. The molecule has 0 saturated carbocycles. The highest BCUT2D eigenvalue weighted by Crippen LogP contribution is 2.22. The van der Waals surface area contributed by atoms with Crippen molar-refractivity contribution in [3.05, 3.63) is 65.5 Å². The van der Waals surface area contributed by atoms with Crippen molar-refractivity contribution in [2.24, 2.45) is 7.05 Å². The normalized spacial score (nSPS) is 10.8. The largest absolute Gasteiger partial charge is 0.261 e. The average molecular weight is 278 g/mol. The number of aromatic nitrogens is 4. The van der Waals surface area contributed by atoms with Crippen molar-refractivity contribution < 1.29 is 0 Å². The lowest BCUT2D eigenvalue weighted by Gasteiger charge is -2.06. The number of benzene rings is 1. The highest BCUT2D eigenvalue weighted by atomic mass is 15.3. The summed E-state index contributed by atoms with van der Waals surface area (Å²) in [5.41, 5.74) is 4.65. The third-order valence-corrected chi connectivity index (χ3v) is 3.59. The molecule has 0 bridgehead atoms. The Morgan fingerprint density at radius 2 is 1.81 bits per heavy atom. The van der Waals surface area contributed by atoms with E-state index < -0.39 is 0 Å². The quantitative estimate of drug-likeness (QED) is 0.739. The molecule has 106 valence electrons. The number of pyridine rings is 1. The Morgan fingerprint density at radius 1 is 1.05 bits per heavy atom. The lowest BCUT2D eigenvalue weighted by Crippen LogP contribution is -2.00. The Bertz CT molecular complexity index is 757. The van der Waals surface area contributed by atoms with Crippen LogP contribution in [-0.4, -0.2) is 19.7 Å². The van der Waals surface area contributed by atoms with E-state index in [-0.39, 0.29) is 0 Å². The average Bonchev–Trinajstić information content (AvgIpc) is 2.78. The Hall–Kier alpha value is -2.49. The smallest absolute Gasteiger partial charge is 0.147 e. The van der Waals surface area contributed by atoms with Crippen LogP contribution < -0.4 is 0 Å². The van der Waals surface area contributed by atoms with Gasteiger partial charge in [-0.1, -0.05) is 30.3 Å². The summed E-state index contributed by atoms with van der Waals surface area (Å²) in [6, 6.07) is 12.6. The summed E-state index contributed by atoms with van der Waals surface area (Å²) in [5, 5.41) is 4.28. The molecule has 21 heavy (non-hydrogen) atoms. The zero-order chi connectivity index (χ0) is 14.8. The lowest BCUT2D eigenvalue weighted by molar-refractivity contribution is 0.712. The molecule has 0 aliphatic heterocycles. The Balaban J connectivity index is 1.85. The monoisotopic (exact) mass is 278 g/mol. The molecule has 3 rings (SSSR count). The zero-order valence-electron chi connectivity index (χ0n) is 12.5. The van der Waals surface area contributed by atoms with Crippen molar-refractivity contribution in [1.29, 1.82) is 0 Å². The maximum Gasteiger partial charge on any atom is 0.147 e. The van der Waals surface area contributed by atoms with Crippen LogP contribution in [0.4, 0.5) is 0 Å². The Morgan fingerprint density at radius 3 is 2.43 bits per heavy atom. The summed E-state index contributed by atoms with van der Waals surface area (Å²) >= 11 is 0. The molecule has 1 aromatic carbocycles. The summed E-state index contributed by atoms with van der Waals surface area (Å²) in [7, 11) is 1.93. The summed E-state index contributed by atoms with van der Waals surface area (Å²) in [6.07, 6.45) is 2.62. The van der Waals surface area contributed by atoms with Gasteiger partial charge in [0.1, 0.15) is 11.6 Å². The molecule has 2 heterocycles. The number of rotatable bonds is 3. The van der Waals surface area contributed by atoms with Gasteiger partial charge in [-0.3, -0.25) is 9.67 Å². The maximum atomic E-state index is 4.44. The molecule has 3 aromatic rings. The van der Waals surface area contributed by atoms with Crippen LogP contribution in [0.5, 0.6) is 0 Å². The zero-order valence-corrected chi connectivity index (χ0v) is 12.5. The maximum absolute atomic E-state index is 4.44. The predicted octanol–water partition coefficient (Wildman–Crippen LogP) is 3.08. The number of aryl methyl sites for hydroxylation is 3. The second-order valence-corrected chi connectivity index (χ2v) is 5.21. The Labute approximate surface area is 124 Å². The Kier molecular flexibility index (Phi) is 3.52. The fraction of sp³-hybridized carbons (Fsp3) is 0.235. The van der Waals surface area contributed by atoms with E-state index >= 15 is 0 Å². The molecule has 0 saturated heterocycles. The fourth-order valence-electron chi connectivity index (χ4n) is 2.48. The van der Waals surface area contributed by atoms with Gasteiger partial charge < -0.3 is 0 Å². The summed E-state index contributed by atoms with van der Waals surface area (Å²) in [5.74, 6) is 1.80. The SMILES string of the molecule is Cc1nc(Cc2ccc(-c3cccnc3C)cc2)n(C)n1. The lowest BCUT2D eigenvalue weighted by atomic mass is 10.0. The molecule has 0 unspecified atom stereocenters. The van der Waals surface area contributed by atoms with E-state index in [9.17, 15) is 0 Å². The first-order valence-electron chi connectivity index (χ1n) is 7.01. The van der Waals surface area contributed by atoms with Gasteiger partial charge in [0.15, 0.2) is 0 Å². The van der Waals surface area contributed by atoms with Crippen molar-refractivity contribution >= 4 is 0 Å². The molecule has 4 nitrogen and oxygen atoms in total. The van der Waals surface area contributed by atoms with Gasteiger partial charge in [-0.05, 0) is 31.0 Å². The molecule has 4 heteroatoms. The molecule has 0 atom stereocenters. The van der Waals surface area contributed by atoms with Gasteiger partial charge in [0, 0.05) is 30.9 Å². The molecule has 0 aliphatic carbocycles. The van der Waals surface area contributed by atoms with Gasteiger partial charge in [-0.2, -0.15) is 5.10 Å². The predicted molar refractivity (Wildman–Crippen MR) is 83.0 cm³/mol. The van der Waals surface area contributed by atoms with Crippen LogP contribution in [0.3, 0.4) is 0 Å². The van der Waals surface area contributed by atoms with Crippen LogP contribution >= 0.6 is 0 Å². The molecule has 0 radical (unpaired) electrons. The molecular formula is C17H18N4. The van der Waals surface area contributed by atoms with E-state index in [1.54, 1.807) is 0 Å². The number of nitrogens with zero attached hydrogens (tertiary/aromatic N) is 4. The van der Waals surface area contributed by atoms with Crippen LogP contribution in [0.25, 0.3) is 11.1 Å². The van der Waals surface area contributed by atoms with Gasteiger partial charge >= 0.3 is 0 Å². The van der Waals surface area contributed by atoms with Crippen molar-refractivity contribution in [1.82, 2.24) is 19.7 Å². The van der Waals surface area contributed by atoms with Crippen molar-refractivity contribution in [3.8, 4) is 11.1 Å². The van der Waals surface area contributed by atoms with E-state index in [4.69, 9.17) is 0 Å². The van der Waals surface area contributed by atoms with Crippen molar-refractivity contribution in [2.75, 3.05) is 0 Å². The van der Waals surface area contributed by atoms with Crippen LogP contribution in [0.15, 0.2) is 42.6 Å². The van der Waals surface area contributed by atoms with Crippen LogP contribution in [0.1, 0.15) is 22.9 Å². The van der Waals surface area contributed by atoms with E-state index in [1.807, 2.05) is 37.8 Å². The summed E-state index contributed by atoms with van der Waals surface area (Å²) in [6.45, 7) is 3.95. The molecule has 0 N–H and O–H groups in total. The standard InChI is InChI=1S/C17H18N4/c1-12-16(5-4-10-18-12)15-8-6-14(7-9-15)11-17-19-13(2)20-21(17)3/h4-10H,11H2,1-3H3. The van der Waals surface area contributed by atoms with Crippen LogP contribution in [0.2, 0.25) is 0 Å². The van der Waals surface area contributed by atoms with Gasteiger partial charge in [0.05, 0.1) is 0 Å². The van der Waals surface area contributed by atoms with Gasteiger partial charge in [0.25, 0.3) is 0 Å². The summed E-state index contributed by atoms with van der Waals surface area (Å²) < 4.78 is 1.84. The minimum absolute atomic E-state index is 0.795.